The van der Waals surface area contributed by atoms with Gasteiger partial charge in [0.05, 0.1) is 23.1 Å². The summed E-state index contributed by atoms with van der Waals surface area (Å²) in [5.41, 5.74) is 0.809. The maximum Gasteiger partial charge on any atom is 0.261 e. The van der Waals surface area contributed by atoms with E-state index in [2.05, 4.69) is 5.32 Å². The molecule has 1 saturated heterocycles. The molecule has 162 valence electrons. The van der Waals surface area contributed by atoms with Gasteiger partial charge in [0.1, 0.15) is 11.8 Å². The van der Waals surface area contributed by atoms with Crippen molar-refractivity contribution in [2.75, 3.05) is 26.0 Å². The number of carbonyl (C=O) groups is 3. The van der Waals surface area contributed by atoms with Gasteiger partial charge in [-0.05, 0) is 55.3 Å². The molecule has 9 nitrogen and oxygen atoms in total. The summed E-state index contributed by atoms with van der Waals surface area (Å²) in [6.07, 6.45) is 0.932. The molecule has 2 aliphatic rings. The summed E-state index contributed by atoms with van der Waals surface area (Å²) >= 11 is 0. The van der Waals surface area contributed by atoms with Crippen LogP contribution in [0.4, 0.5) is 5.69 Å². The van der Waals surface area contributed by atoms with Crippen molar-refractivity contribution in [1.29, 1.82) is 0 Å². The minimum absolute atomic E-state index is 0.0812. The van der Waals surface area contributed by atoms with E-state index in [1.807, 2.05) is 0 Å². The fraction of sp³-hybridized carbons (Fsp3) is 0.286. The molecule has 10 heteroatoms. The predicted molar refractivity (Wildman–Crippen MR) is 111 cm³/mol. The predicted octanol–water partition coefficient (Wildman–Crippen LogP) is 1.71. The zero-order chi connectivity index (χ0) is 22.3. The van der Waals surface area contributed by atoms with Crippen LogP contribution in [0.2, 0.25) is 0 Å². The number of methoxy groups -OCH3 is 1. The number of sulfonamides is 1. The number of amides is 3. The first-order chi connectivity index (χ1) is 14.7. The molecule has 0 bridgehead atoms. The van der Waals surface area contributed by atoms with E-state index in [1.165, 1.54) is 48.8 Å². The van der Waals surface area contributed by atoms with Crippen LogP contribution < -0.4 is 10.1 Å². The van der Waals surface area contributed by atoms with E-state index in [1.54, 1.807) is 12.1 Å². The number of hydrogen-bond donors (Lipinski definition) is 1. The molecule has 1 fully saturated rings. The SMILES string of the molecule is COc1ccc(S(=O)(=O)N2CCC[C@H]2C(=O)Nc2ccc3c(c2)C(=O)N(C)C3=O)cc1. The molecular weight excluding hydrogens is 422 g/mol. The van der Waals surface area contributed by atoms with E-state index in [0.717, 1.165) is 4.90 Å². The lowest BCUT2D eigenvalue weighted by atomic mass is 10.1. The number of carbonyl (C=O) groups excluding carboxylic acids is 3. The Morgan fingerprint density at radius 1 is 1.06 bits per heavy atom. The van der Waals surface area contributed by atoms with Crippen LogP contribution >= 0.6 is 0 Å². The Labute approximate surface area is 179 Å². The minimum atomic E-state index is -3.87. The van der Waals surface area contributed by atoms with Crippen LogP contribution in [-0.2, 0) is 14.8 Å². The van der Waals surface area contributed by atoms with Crippen LogP contribution in [0.1, 0.15) is 33.6 Å². The van der Waals surface area contributed by atoms with Crippen molar-refractivity contribution in [3.8, 4) is 5.75 Å². The van der Waals surface area contributed by atoms with Crippen LogP contribution in [0.15, 0.2) is 47.4 Å². The molecule has 2 aromatic carbocycles. The first-order valence-corrected chi connectivity index (χ1v) is 11.1. The van der Waals surface area contributed by atoms with Gasteiger partial charge in [-0.3, -0.25) is 19.3 Å². The molecule has 4 rings (SSSR count). The molecule has 0 aromatic heterocycles. The molecule has 0 unspecified atom stereocenters. The van der Waals surface area contributed by atoms with E-state index in [9.17, 15) is 22.8 Å². The van der Waals surface area contributed by atoms with Crippen molar-refractivity contribution in [3.63, 3.8) is 0 Å². The second-order valence-corrected chi connectivity index (χ2v) is 9.26. The molecule has 0 aliphatic carbocycles. The third-order valence-corrected chi connectivity index (χ3v) is 7.45. The van der Waals surface area contributed by atoms with Crippen molar-refractivity contribution in [1.82, 2.24) is 9.21 Å². The Bertz CT molecular complexity index is 1180. The highest BCUT2D eigenvalue weighted by molar-refractivity contribution is 7.89. The molecule has 1 N–H and O–H groups in total. The number of anilines is 1. The normalized spacial score (nSPS) is 18.9. The minimum Gasteiger partial charge on any atom is -0.497 e. The van der Waals surface area contributed by atoms with Crippen molar-refractivity contribution >= 4 is 33.4 Å². The van der Waals surface area contributed by atoms with E-state index in [0.29, 0.717) is 24.3 Å². The smallest absolute Gasteiger partial charge is 0.261 e. The quantitative estimate of drug-likeness (QED) is 0.704. The number of rotatable bonds is 5. The van der Waals surface area contributed by atoms with Gasteiger partial charge >= 0.3 is 0 Å². The topological polar surface area (TPSA) is 113 Å². The number of nitrogens with one attached hydrogen (secondary N) is 1. The molecule has 3 amide bonds. The number of nitrogens with zero attached hydrogens (tertiary/aromatic N) is 2. The lowest BCUT2D eigenvalue weighted by Gasteiger charge is -2.23. The second kappa shape index (κ2) is 7.78. The zero-order valence-electron chi connectivity index (χ0n) is 17.0. The van der Waals surface area contributed by atoms with Crippen LogP contribution in [0.3, 0.4) is 0 Å². The van der Waals surface area contributed by atoms with Gasteiger partial charge in [-0.2, -0.15) is 4.31 Å². The summed E-state index contributed by atoms with van der Waals surface area (Å²) in [6.45, 7) is 0.231. The van der Waals surface area contributed by atoms with Crippen molar-refractivity contribution in [3.05, 3.63) is 53.6 Å². The lowest BCUT2D eigenvalue weighted by molar-refractivity contribution is -0.119. The van der Waals surface area contributed by atoms with Gasteiger partial charge in [0.25, 0.3) is 11.8 Å². The first-order valence-electron chi connectivity index (χ1n) is 9.67. The summed E-state index contributed by atoms with van der Waals surface area (Å²) in [7, 11) is -0.988. The zero-order valence-corrected chi connectivity index (χ0v) is 17.8. The first kappa shape index (κ1) is 21.0. The van der Waals surface area contributed by atoms with E-state index < -0.39 is 33.8 Å². The standard InChI is InChI=1S/C21H21N3O6S/c1-23-20(26)16-10-5-13(12-17(16)21(23)27)22-19(25)18-4-3-11-24(18)31(28,29)15-8-6-14(30-2)7-9-15/h5-10,12,18H,3-4,11H2,1-2H3,(H,22,25)/t18-/m0/s1. The van der Waals surface area contributed by atoms with Crippen molar-refractivity contribution < 1.29 is 27.5 Å². The fourth-order valence-corrected chi connectivity index (χ4v) is 5.49. The van der Waals surface area contributed by atoms with Crippen LogP contribution in [-0.4, -0.2) is 62.1 Å². The van der Waals surface area contributed by atoms with Gasteiger partial charge in [-0.15, -0.1) is 0 Å². The highest BCUT2D eigenvalue weighted by atomic mass is 32.2. The van der Waals surface area contributed by atoms with Crippen molar-refractivity contribution in [2.24, 2.45) is 0 Å². The van der Waals surface area contributed by atoms with Crippen LogP contribution in [0, 0.1) is 0 Å². The summed E-state index contributed by atoms with van der Waals surface area (Å²) in [4.78, 5) is 38.2. The second-order valence-electron chi connectivity index (χ2n) is 7.37. The molecule has 0 spiro atoms. The van der Waals surface area contributed by atoms with Crippen LogP contribution in [0.25, 0.3) is 0 Å². The van der Waals surface area contributed by atoms with Gasteiger partial charge in [-0.1, -0.05) is 0 Å². The number of imide groups is 1. The van der Waals surface area contributed by atoms with Gasteiger partial charge < -0.3 is 10.1 Å². The average molecular weight is 443 g/mol. The maximum atomic E-state index is 13.1. The molecule has 2 aliphatic heterocycles. The van der Waals surface area contributed by atoms with E-state index >= 15 is 0 Å². The third kappa shape index (κ3) is 3.57. The third-order valence-electron chi connectivity index (χ3n) is 5.53. The largest absolute Gasteiger partial charge is 0.497 e. The molecule has 1 atom stereocenters. The monoisotopic (exact) mass is 443 g/mol. The Balaban J connectivity index is 1.55. The van der Waals surface area contributed by atoms with Gasteiger partial charge in [0, 0.05) is 19.3 Å². The Morgan fingerprint density at radius 3 is 2.42 bits per heavy atom. The molecule has 2 heterocycles. The fourth-order valence-electron chi connectivity index (χ4n) is 3.84. The average Bonchev–Trinajstić information content (AvgIpc) is 3.35. The summed E-state index contributed by atoms with van der Waals surface area (Å²) in [5.74, 6) is -0.796. The Hall–Kier alpha value is -3.24. The number of ether oxygens (including phenoxy) is 1. The summed E-state index contributed by atoms with van der Waals surface area (Å²) in [6, 6.07) is 9.57. The van der Waals surface area contributed by atoms with E-state index in [4.69, 9.17) is 4.74 Å². The Kier molecular flexibility index (Phi) is 5.28. The van der Waals surface area contributed by atoms with Crippen molar-refractivity contribution in [2.45, 2.75) is 23.8 Å². The summed E-state index contributed by atoms with van der Waals surface area (Å²) < 4.78 is 32.4. The van der Waals surface area contributed by atoms with Gasteiger partial charge in [0.2, 0.25) is 15.9 Å². The highest BCUT2D eigenvalue weighted by Gasteiger charge is 2.40. The molecule has 2 aromatic rings. The Morgan fingerprint density at radius 2 is 1.74 bits per heavy atom. The summed E-state index contributed by atoms with van der Waals surface area (Å²) in [5, 5.41) is 2.69. The molecule has 31 heavy (non-hydrogen) atoms. The highest BCUT2D eigenvalue weighted by Crippen LogP contribution is 2.29. The van der Waals surface area contributed by atoms with E-state index in [-0.39, 0.29) is 22.6 Å². The lowest BCUT2D eigenvalue weighted by Crippen LogP contribution is -2.43. The molecular formula is C21H21N3O6S. The van der Waals surface area contributed by atoms with Crippen LogP contribution in [0.5, 0.6) is 5.75 Å². The molecule has 0 saturated carbocycles. The maximum absolute atomic E-state index is 13.1. The van der Waals surface area contributed by atoms with Gasteiger partial charge in [0.15, 0.2) is 0 Å². The van der Waals surface area contributed by atoms with Gasteiger partial charge in [-0.25, -0.2) is 8.42 Å². The number of fused-ring (bicyclic) bond motifs is 1. The number of benzene rings is 2. The number of hydrogen-bond acceptors (Lipinski definition) is 6. The molecule has 0 radical (unpaired) electrons.